The molecule has 2 rings (SSSR count). The first-order valence-corrected chi connectivity index (χ1v) is 7.58. The Labute approximate surface area is 128 Å². The number of carbonyl (C=O) groups is 1. The number of furan rings is 1. The summed E-state index contributed by atoms with van der Waals surface area (Å²) in [6.45, 7) is 6.10. The van der Waals surface area contributed by atoms with Crippen molar-refractivity contribution in [2.45, 2.75) is 26.7 Å². The number of nitrogens with one attached hydrogen (secondary N) is 1. The summed E-state index contributed by atoms with van der Waals surface area (Å²) in [6, 6.07) is 5.58. The van der Waals surface area contributed by atoms with Gasteiger partial charge in [-0.1, -0.05) is 13.8 Å². The molecule has 1 amide bonds. The lowest BCUT2D eigenvalue weighted by Gasteiger charge is -1.98. The largest absolute Gasteiger partial charge is 0.465 e. The Morgan fingerprint density at radius 1 is 1.48 bits per heavy atom. The molecular formula is C16H18N2O2S. The molecule has 4 nitrogen and oxygen atoms in total. The van der Waals surface area contributed by atoms with Crippen LogP contribution in [0.1, 0.15) is 47.7 Å². The highest BCUT2D eigenvalue weighted by molar-refractivity contribution is 7.10. The van der Waals surface area contributed by atoms with Gasteiger partial charge in [0.05, 0.1) is 18.0 Å². The monoisotopic (exact) mass is 302 g/mol. The van der Waals surface area contributed by atoms with Gasteiger partial charge in [-0.05, 0) is 42.7 Å². The van der Waals surface area contributed by atoms with Crippen molar-refractivity contribution in [3.05, 3.63) is 51.6 Å². The van der Waals surface area contributed by atoms with Gasteiger partial charge in [0.25, 0.3) is 5.91 Å². The van der Waals surface area contributed by atoms with Gasteiger partial charge in [-0.2, -0.15) is 5.10 Å². The number of hydrazone groups is 1. The normalized spacial score (nSPS) is 12.3. The number of amides is 1. The first-order valence-electron chi connectivity index (χ1n) is 6.70. The third-order valence-electron chi connectivity index (χ3n) is 2.80. The van der Waals surface area contributed by atoms with Gasteiger partial charge in [-0.15, -0.1) is 11.3 Å². The molecule has 0 radical (unpaired) electrons. The molecule has 0 aromatic carbocycles. The summed E-state index contributed by atoms with van der Waals surface area (Å²) in [5.74, 6) is 0.989. The highest BCUT2D eigenvalue weighted by Crippen LogP contribution is 2.22. The molecule has 0 aliphatic rings. The van der Waals surface area contributed by atoms with Gasteiger partial charge in [0.15, 0.2) is 0 Å². The number of nitrogens with zero attached hydrogens (tertiary/aromatic N) is 1. The number of hydrogen-bond acceptors (Lipinski definition) is 4. The van der Waals surface area contributed by atoms with Gasteiger partial charge in [0.1, 0.15) is 5.76 Å². The Morgan fingerprint density at radius 3 is 2.90 bits per heavy atom. The number of allylic oxidation sites excluding steroid dienone is 1. The zero-order valence-electron chi connectivity index (χ0n) is 12.3. The lowest BCUT2D eigenvalue weighted by molar-refractivity contribution is 0.0955. The second kappa shape index (κ2) is 7.04. The van der Waals surface area contributed by atoms with Crippen molar-refractivity contribution < 1.29 is 9.21 Å². The van der Waals surface area contributed by atoms with Crippen LogP contribution in [0.2, 0.25) is 0 Å². The van der Waals surface area contributed by atoms with Crippen molar-refractivity contribution in [2.24, 2.45) is 5.10 Å². The number of hydrogen-bond donors (Lipinski definition) is 1. The predicted octanol–water partition coefficient (Wildman–Crippen LogP) is 4.28. The standard InChI is InChI=1S/C16H18N2O2S/c1-11(2)15-8-13(10-21-15)16(19)18-17-9-12(3)7-14-5-4-6-20-14/h4-11H,1-3H3,(H,18,19)/b12-7+,17-9?. The SMILES string of the molecule is C/C(C=NNC(=O)c1csc(C(C)C)c1)=C\c1ccco1. The van der Waals surface area contributed by atoms with Crippen molar-refractivity contribution in [1.82, 2.24) is 5.43 Å². The highest BCUT2D eigenvalue weighted by atomic mass is 32.1. The van der Waals surface area contributed by atoms with Crippen LogP contribution in [0.3, 0.4) is 0 Å². The van der Waals surface area contributed by atoms with Crippen molar-refractivity contribution in [3.63, 3.8) is 0 Å². The fourth-order valence-electron chi connectivity index (χ4n) is 1.67. The minimum absolute atomic E-state index is 0.194. The van der Waals surface area contributed by atoms with Crippen LogP contribution in [0.15, 0.2) is 44.9 Å². The van der Waals surface area contributed by atoms with Gasteiger partial charge in [0, 0.05) is 10.3 Å². The molecule has 1 N–H and O–H groups in total. The molecule has 0 unspecified atom stereocenters. The van der Waals surface area contributed by atoms with Crippen molar-refractivity contribution >= 4 is 29.5 Å². The quantitative estimate of drug-likeness (QED) is 0.662. The maximum atomic E-state index is 11.9. The van der Waals surface area contributed by atoms with Crippen LogP contribution >= 0.6 is 11.3 Å². The molecule has 0 saturated heterocycles. The summed E-state index contributed by atoms with van der Waals surface area (Å²) >= 11 is 1.59. The van der Waals surface area contributed by atoms with E-state index in [0.717, 1.165) is 11.3 Å². The molecule has 0 aliphatic heterocycles. The van der Waals surface area contributed by atoms with E-state index in [1.54, 1.807) is 23.8 Å². The van der Waals surface area contributed by atoms with E-state index in [4.69, 9.17) is 4.42 Å². The zero-order valence-corrected chi connectivity index (χ0v) is 13.1. The van der Waals surface area contributed by atoms with Crippen LogP contribution < -0.4 is 5.43 Å². The van der Waals surface area contributed by atoms with Gasteiger partial charge in [-0.25, -0.2) is 5.43 Å². The fraction of sp³-hybridized carbons (Fsp3) is 0.250. The van der Waals surface area contributed by atoms with E-state index in [2.05, 4.69) is 24.4 Å². The third-order valence-corrected chi connectivity index (χ3v) is 4.03. The molecule has 0 atom stereocenters. The highest BCUT2D eigenvalue weighted by Gasteiger charge is 2.09. The van der Waals surface area contributed by atoms with E-state index in [-0.39, 0.29) is 5.91 Å². The first-order chi connectivity index (χ1) is 10.1. The molecular weight excluding hydrogens is 284 g/mol. The zero-order chi connectivity index (χ0) is 15.2. The van der Waals surface area contributed by atoms with E-state index in [1.807, 2.05) is 36.6 Å². The summed E-state index contributed by atoms with van der Waals surface area (Å²) in [5.41, 5.74) is 4.06. The van der Waals surface area contributed by atoms with Crippen LogP contribution in [0, 0.1) is 0 Å². The number of carbonyl (C=O) groups excluding carboxylic acids is 1. The fourth-order valence-corrected chi connectivity index (χ4v) is 2.57. The minimum Gasteiger partial charge on any atom is -0.465 e. The smallest absolute Gasteiger partial charge is 0.272 e. The molecule has 0 saturated carbocycles. The molecule has 2 aromatic rings. The third kappa shape index (κ3) is 4.43. The lowest BCUT2D eigenvalue weighted by Crippen LogP contribution is -2.16. The lowest BCUT2D eigenvalue weighted by atomic mass is 10.1. The molecule has 0 bridgehead atoms. The molecule has 5 heteroatoms. The van der Waals surface area contributed by atoms with E-state index in [1.165, 1.54) is 4.88 Å². The molecule has 0 spiro atoms. The topological polar surface area (TPSA) is 54.6 Å². The molecule has 0 fully saturated rings. The van der Waals surface area contributed by atoms with Gasteiger partial charge in [-0.3, -0.25) is 4.79 Å². The van der Waals surface area contributed by atoms with Crippen molar-refractivity contribution in [3.8, 4) is 0 Å². The molecule has 0 aliphatic carbocycles. The van der Waals surface area contributed by atoms with Crippen LogP contribution in [0.25, 0.3) is 6.08 Å². The van der Waals surface area contributed by atoms with E-state index < -0.39 is 0 Å². The summed E-state index contributed by atoms with van der Waals surface area (Å²) in [5, 5.41) is 5.81. The Hall–Kier alpha value is -2.14. The van der Waals surface area contributed by atoms with Crippen LogP contribution in [0.5, 0.6) is 0 Å². The summed E-state index contributed by atoms with van der Waals surface area (Å²) < 4.78 is 5.20. The Bertz CT molecular complexity index is 652. The van der Waals surface area contributed by atoms with Crippen LogP contribution in [-0.2, 0) is 0 Å². The van der Waals surface area contributed by atoms with E-state index in [0.29, 0.717) is 11.5 Å². The van der Waals surface area contributed by atoms with Crippen LogP contribution in [0.4, 0.5) is 0 Å². The summed E-state index contributed by atoms with van der Waals surface area (Å²) in [4.78, 5) is 13.1. The maximum absolute atomic E-state index is 11.9. The Kier molecular flexibility index (Phi) is 5.11. The Morgan fingerprint density at radius 2 is 2.29 bits per heavy atom. The van der Waals surface area contributed by atoms with Crippen molar-refractivity contribution in [1.29, 1.82) is 0 Å². The van der Waals surface area contributed by atoms with Gasteiger partial charge >= 0.3 is 0 Å². The molecule has 2 heterocycles. The van der Waals surface area contributed by atoms with Crippen LogP contribution in [-0.4, -0.2) is 12.1 Å². The summed E-state index contributed by atoms with van der Waals surface area (Å²) in [7, 11) is 0. The Balaban J connectivity index is 1.92. The van der Waals surface area contributed by atoms with Crippen molar-refractivity contribution in [2.75, 3.05) is 0 Å². The van der Waals surface area contributed by atoms with E-state index >= 15 is 0 Å². The average molecular weight is 302 g/mol. The second-order valence-electron chi connectivity index (χ2n) is 5.00. The number of thiophene rings is 1. The minimum atomic E-state index is -0.194. The molecule has 21 heavy (non-hydrogen) atoms. The van der Waals surface area contributed by atoms with E-state index in [9.17, 15) is 4.79 Å². The van der Waals surface area contributed by atoms with Gasteiger partial charge in [0.2, 0.25) is 0 Å². The predicted molar refractivity (Wildman–Crippen MR) is 86.7 cm³/mol. The maximum Gasteiger partial charge on any atom is 0.272 e. The number of rotatable bonds is 5. The molecule has 110 valence electrons. The van der Waals surface area contributed by atoms with Gasteiger partial charge < -0.3 is 4.42 Å². The first kappa shape index (κ1) is 15.3. The average Bonchev–Trinajstić information content (AvgIpc) is 3.09. The molecule has 2 aromatic heterocycles. The summed E-state index contributed by atoms with van der Waals surface area (Å²) in [6.07, 6.45) is 5.05. The second-order valence-corrected chi connectivity index (χ2v) is 5.94.